The van der Waals surface area contributed by atoms with E-state index in [1.165, 1.54) is 0 Å². The van der Waals surface area contributed by atoms with E-state index < -0.39 is 33.6 Å². The fourth-order valence-electron chi connectivity index (χ4n) is 7.10. The Bertz CT molecular complexity index is 1600. The number of aliphatic imine (C=N–C) groups is 1. The Labute approximate surface area is 284 Å². The zero-order chi connectivity index (χ0) is 33.3. The molecule has 6 rings (SSSR count). The number of amides is 1. The lowest BCUT2D eigenvalue weighted by Gasteiger charge is -2.36. The molecule has 1 fully saturated rings. The van der Waals surface area contributed by atoms with Crippen LogP contribution in [0.5, 0.6) is 0 Å². The quantitative estimate of drug-likeness (QED) is 0.210. The van der Waals surface area contributed by atoms with Crippen LogP contribution in [0.2, 0.25) is 0 Å². The third-order valence-electron chi connectivity index (χ3n) is 9.86. The number of allylic oxidation sites excluding steroid dienone is 7. The zero-order valence-electron chi connectivity index (χ0n) is 27.5. The summed E-state index contributed by atoms with van der Waals surface area (Å²) in [6, 6.07) is -0.777. The van der Waals surface area contributed by atoms with Crippen molar-refractivity contribution >= 4 is 39.7 Å². The maximum Gasteiger partial charge on any atom is 0.407 e. The van der Waals surface area contributed by atoms with Gasteiger partial charge in [0.05, 0.1) is 29.1 Å². The molecule has 0 saturated heterocycles. The van der Waals surface area contributed by atoms with Crippen molar-refractivity contribution in [2.75, 3.05) is 13.2 Å². The largest absolute Gasteiger partial charge is 0.449 e. The lowest BCUT2D eigenvalue weighted by Crippen LogP contribution is -2.51. The molecule has 254 valence electrons. The maximum atomic E-state index is 13.9. The van der Waals surface area contributed by atoms with Gasteiger partial charge in [-0.05, 0) is 87.2 Å². The smallest absolute Gasteiger partial charge is 0.407 e. The number of hydrogen-bond donors (Lipinski definition) is 5. The number of nitrogens with one attached hydrogen (secondary N) is 4. The van der Waals surface area contributed by atoms with Crippen LogP contribution in [0.3, 0.4) is 0 Å². The number of alkyl carbamates (subject to hydrolysis) is 1. The first-order chi connectivity index (χ1) is 22.4. The van der Waals surface area contributed by atoms with E-state index in [1.54, 1.807) is 6.08 Å². The maximum absolute atomic E-state index is 13.9. The molecule has 1 heterocycles. The minimum absolute atomic E-state index is 0.120. The van der Waals surface area contributed by atoms with E-state index in [2.05, 4.69) is 32.8 Å². The van der Waals surface area contributed by atoms with Gasteiger partial charge in [-0.2, -0.15) is 0 Å². The van der Waals surface area contributed by atoms with Crippen molar-refractivity contribution in [3.8, 4) is 0 Å². The molecule has 0 radical (unpaired) electrons. The van der Waals surface area contributed by atoms with E-state index in [4.69, 9.17) is 27.7 Å². The fraction of sp³-hybridized carbons (Fsp3) is 0.571. The Morgan fingerprint density at radius 3 is 2.70 bits per heavy atom. The van der Waals surface area contributed by atoms with Crippen molar-refractivity contribution in [3.63, 3.8) is 0 Å². The van der Waals surface area contributed by atoms with Gasteiger partial charge in [0.1, 0.15) is 0 Å². The number of nitrogens with two attached hydrogens (primary N) is 1. The van der Waals surface area contributed by atoms with E-state index in [-0.39, 0.29) is 30.4 Å². The summed E-state index contributed by atoms with van der Waals surface area (Å²) in [4.78, 5) is 18.3. The van der Waals surface area contributed by atoms with Crippen molar-refractivity contribution in [1.29, 1.82) is 0 Å². The number of sulfonamides is 1. The molecule has 12 heteroatoms. The van der Waals surface area contributed by atoms with Crippen molar-refractivity contribution < 1.29 is 17.9 Å². The Hall–Kier alpha value is -3.06. The Morgan fingerprint density at radius 1 is 1.19 bits per heavy atom. The van der Waals surface area contributed by atoms with E-state index in [9.17, 15) is 13.2 Å². The third kappa shape index (κ3) is 7.82. The molecule has 0 spiro atoms. The summed E-state index contributed by atoms with van der Waals surface area (Å²) in [5.41, 5.74) is 9.65. The molecule has 6 N–H and O–H groups in total. The van der Waals surface area contributed by atoms with Crippen LogP contribution >= 0.6 is 12.2 Å². The molecule has 5 aliphatic carbocycles. The molecule has 1 saturated carbocycles. The van der Waals surface area contributed by atoms with Gasteiger partial charge in [-0.3, -0.25) is 4.99 Å². The Morgan fingerprint density at radius 2 is 2.00 bits per heavy atom. The van der Waals surface area contributed by atoms with Crippen LogP contribution in [0.1, 0.15) is 65.7 Å². The second-order valence-corrected chi connectivity index (χ2v) is 16.5. The normalized spacial score (nSPS) is 31.4. The highest BCUT2D eigenvalue weighted by Crippen LogP contribution is 2.48. The van der Waals surface area contributed by atoms with Gasteiger partial charge < -0.3 is 26.4 Å². The monoisotopic (exact) mass is 680 g/mol. The lowest BCUT2D eigenvalue weighted by atomic mass is 9.77. The SMILES string of the molecule is CC(C)CNS(=O)(=O)C1=CC2=C(C3C=NC(C4CC4)=CC13)[C@@H](NC(=S)NC1=CCCC[C@]1(C)N)C[C@@H]2NC(=O)OCC1C=CC=CC1. The minimum Gasteiger partial charge on any atom is -0.449 e. The van der Waals surface area contributed by atoms with Crippen molar-refractivity contribution in [3.05, 3.63) is 70.0 Å². The van der Waals surface area contributed by atoms with Crippen LogP contribution in [-0.2, 0) is 14.8 Å². The summed E-state index contributed by atoms with van der Waals surface area (Å²) in [5, 5.41) is 10.3. The number of carbonyl (C=O) groups excluding carboxylic acids is 1. The topological polar surface area (TPSA) is 147 Å². The van der Waals surface area contributed by atoms with E-state index in [0.29, 0.717) is 28.9 Å². The van der Waals surface area contributed by atoms with Crippen LogP contribution < -0.4 is 26.4 Å². The number of rotatable bonds is 10. The molecule has 1 amide bonds. The van der Waals surface area contributed by atoms with Gasteiger partial charge in [-0.25, -0.2) is 17.9 Å². The van der Waals surface area contributed by atoms with Gasteiger partial charge in [0.15, 0.2) is 5.11 Å². The molecule has 10 nitrogen and oxygen atoms in total. The first-order valence-electron chi connectivity index (χ1n) is 17.0. The number of carbonyl (C=O) groups is 1. The van der Waals surface area contributed by atoms with Crippen LogP contribution in [-0.4, -0.2) is 56.6 Å². The summed E-state index contributed by atoms with van der Waals surface area (Å²) in [6.07, 6.45) is 21.5. The molecule has 47 heavy (non-hydrogen) atoms. The molecule has 3 unspecified atom stereocenters. The van der Waals surface area contributed by atoms with Crippen LogP contribution in [0.15, 0.2) is 75.0 Å². The van der Waals surface area contributed by atoms with E-state index in [1.807, 2.05) is 51.3 Å². The summed E-state index contributed by atoms with van der Waals surface area (Å²) < 4.78 is 36.3. The van der Waals surface area contributed by atoms with Gasteiger partial charge in [0.25, 0.3) is 0 Å². The standard InChI is InChI=1S/C35H48N6O4S2/c1-21(2)18-38-47(43,44)30-16-25-28(40-34(42)45-20-22-9-5-4-6-10-22)17-29(39-33(46)41-31-11-7-8-14-35(31,3)36)32(25)26-19-37-27(15-24(26)30)23-12-13-23/h4-6,9,11,15-16,19,21-24,26,28-29,38H,7-8,10,12-14,17-18,20,36H2,1-3H3,(H,40,42)(H2,39,41,46)/t22?,24?,26?,28-,29-,35-/m0/s1. The molecule has 0 bridgehead atoms. The van der Waals surface area contributed by atoms with Crippen molar-refractivity contribution in [2.45, 2.75) is 83.3 Å². The average molecular weight is 681 g/mol. The number of hydrogen-bond acceptors (Lipinski definition) is 7. The summed E-state index contributed by atoms with van der Waals surface area (Å²) >= 11 is 5.83. The van der Waals surface area contributed by atoms with Gasteiger partial charge in [-0.1, -0.05) is 50.3 Å². The predicted octanol–water partition coefficient (Wildman–Crippen LogP) is 4.62. The van der Waals surface area contributed by atoms with E-state index >= 15 is 0 Å². The van der Waals surface area contributed by atoms with Gasteiger partial charge >= 0.3 is 6.09 Å². The highest BCUT2D eigenvalue weighted by Gasteiger charge is 2.47. The van der Waals surface area contributed by atoms with E-state index in [0.717, 1.165) is 61.1 Å². The van der Waals surface area contributed by atoms with Crippen LogP contribution in [0, 0.1) is 29.6 Å². The minimum atomic E-state index is -3.83. The Kier molecular flexibility index (Phi) is 9.94. The lowest BCUT2D eigenvalue weighted by molar-refractivity contribution is 0.132. The molecular weight excluding hydrogens is 633 g/mol. The third-order valence-corrected chi connectivity index (χ3v) is 11.6. The second kappa shape index (κ2) is 13.8. The fourth-order valence-corrected chi connectivity index (χ4v) is 8.93. The van der Waals surface area contributed by atoms with Gasteiger partial charge in [-0.15, -0.1) is 0 Å². The molecule has 6 aliphatic rings. The number of ether oxygens (including phenoxy) is 1. The summed E-state index contributed by atoms with van der Waals surface area (Å²) in [6.45, 7) is 6.54. The number of nitrogens with zero attached hydrogens (tertiary/aromatic N) is 1. The van der Waals surface area contributed by atoms with Crippen molar-refractivity contribution in [1.82, 2.24) is 20.7 Å². The first kappa shape index (κ1) is 33.8. The van der Waals surface area contributed by atoms with Gasteiger partial charge in [0.2, 0.25) is 10.0 Å². The molecule has 0 aromatic rings. The predicted molar refractivity (Wildman–Crippen MR) is 190 cm³/mol. The van der Waals surface area contributed by atoms with Crippen LogP contribution in [0.4, 0.5) is 4.79 Å². The molecule has 6 atom stereocenters. The van der Waals surface area contributed by atoms with Crippen molar-refractivity contribution in [2.24, 2.45) is 40.3 Å². The molecule has 0 aromatic heterocycles. The summed E-state index contributed by atoms with van der Waals surface area (Å²) in [5.74, 6) is -0.0969. The highest BCUT2D eigenvalue weighted by molar-refractivity contribution is 7.93. The number of fused-ring (bicyclic) bond motifs is 2. The second-order valence-electron chi connectivity index (χ2n) is 14.3. The average Bonchev–Trinajstić information content (AvgIpc) is 3.83. The summed E-state index contributed by atoms with van der Waals surface area (Å²) in [7, 11) is -3.83. The van der Waals surface area contributed by atoms with Gasteiger partial charge in [0, 0.05) is 47.8 Å². The Balaban J connectivity index is 1.31. The molecular formula is C35H48N6O4S2. The zero-order valence-corrected chi connectivity index (χ0v) is 29.1. The van der Waals surface area contributed by atoms with Crippen LogP contribution in [0.25, 0.3) is 0 Å². The molecule has 1 aliphatic heterocycles. The number of thiocarbonyl (C=S) groups is 1. The highest BCUT2D eigenvalue weighted by atomic mass is 32.2. The first-order valence-corrected chi connectivity index (χ1v) is 18.8. The molecule has 0 aromatic carbocycles.